The van der Waals surface area contributed by atoms with Gasteiger partial charge in [-0.2, -0.15) is 0 Å². The summed E-state index contributed by atoms with van der Waals surface area (Å²) in [6.45, 7) is 5.54. The molecule has 1 aromatic carbocycles. The lowest BCUT2D eigenvalue weighted by molar-refractivity contribution is 0.0283. The number of halogens is 2. The minimum Gasteiger partial charge on any atom is -0.444 e. The number of fused-ring (bicyclic) bond motifs is 1. The molecule has 0 unspecified atom stereocenters. The van der Waals surface area contributed by atoms with Crippen molar-refractivity contribution in [2.45, 2.75) is 38.6 Å². The molecule has 0 aliphatic carbocycles. The fourth-order valence-corrected chi connectivity index (χ4v) is 3.26. The molecule has 2 atom stereocenters. The number of hydrogen-bond acceptors (Lipinski definition) is 5. The summed E-state index contributed by atoms with van der Waals surface area (Å²) >= 11 is 3.43. The number of nitrogens with zero attached hydrogens (tertiary/aromatic N) is 2. The number of amides is 1. The second-order valence-corrected chi connectivity index (χ2v) is 8.32. The van der Waals surface area contributed by atoms with Crippen LogP contribution in [0.3, 0.4) is 0 Å². The third-order valence-electron chi connectivity index (χ3n) is 4.09. The third-order valence-corrected chi connectivity index (χ3v) is 4.58. The number of nitrogens with one attached hydrogen (secondary N) is 1. The number of carbonyl (C=O) groups is 1. The predicted octanol–water partition coefficient (Wildman–Crippen LogP) is 3.95. The molecule has 0 saturated carbocycles. The van der Waals surface area contributed by atoms with Gasteiger partial charge >= 0.3 is 6.09 Å². The Morgan fingerprint density at radius 2 is 2.15 bits per heavy atom. The molecule has 1 fully saturated rings. The number of nitrogens with two attached hydrogens (primary N) is 1. The van der Waals surface area contributed by atoms with E-state index in [0.717, 1.165) is 15.4 Å². The van der Waals surface area contributed by atoms with E-state index >= 15 is 0 Å². The lowest BCUT2D eigenvalue weighted by Crippen LogP contribution is -2.36. The van der Waals surface area contributed by atoms with E-state index in [2.05, 4.69) is 26.2 Å². The number of benzene rings is 1. The van der Waals surface area contributed by atoms with E-state index in [1.165, 1.54) is 4.90 Å². The molecule has 3 N–H and O–H groups in total. The average Bonchev–Trinajstić information content (AvgIpc) is 2.90. The fourth-order valence-electron chi connectivity index (χ4n) is 2.90. The van der Waals surface area contributed by atoms with Crippen LogP contribution in [0.4, 0.5) is 20.6 Å². The maximum atomic E-state index is 14.6. The number of aromatic nitrogens is 1. The quantitative estimate of drug-likeness (QED) is 0.762. The zero-order valence-electron chi connectivity index (χ0n) is 14.9. The van der Waals surface area contributed by atoms with Crippen LogP contribution in [0.2, 0.25) is 0 Å². The molecule has 1 amide bonds. The Bertz CT molecular complexity index is 835. The molecule has 2 aromatic rings. The number of likely N-dealkylation sites (tertiary alicyclic amines) is 1. The van der Waals surface area contributed by atoms with Gasteiger partial charge in [0.2, 0.25) is 0 Å². The van der Waals surface area contributed by atoms with Crippen LogP contribution in [0.15, 0.2) is 28.9 Å². The molecule has 2 heterocycles. The Hall–Kier alpha value is -2.09. The second-order valence-electron chi connectivity index (χ2n) is 7.40. The monoisotopic (exact) mass is 424 g/mol. The van der Waals surface area contributed by atoms with Gasteiger partial charge in [0.05, 0.1) is 35.7 Å². The van der Waals surface area contributed by atoms with Gasteiger partial charge in [-0.1, -0.05) is 15.9 Å². The number of alkyl halides is 1. The molecule has 1 aromatic heterocycles. The summed E-state index contributed by atoms with van der Waals surface area (Å²) in [5.74, 6) is 0. The van der Waals surface area contributed by atoms with Crippen molar-refractivity contribution in [2.75, 3.05) is 24.1 Å². The molecule has 0 bridgehead atoms. The van der Waals surface area contributed by atoms with E-state index in [9.17, 15) is 9.18 Å². The van der Waals surface area contributed by atoms with Crippen LogP contribution in [0.25, 0.3) is 10.9 Å². The molecule has 3 rings (SSSR count). The highest BCUT2D eigenvalue weighted by atomic mass is 79.9. The number of hydrogen-bond donors (Lipinski definition) is 2. The van der Waals surface area contributed by atoms with Crippen LogP contribution < -0.4 is 11.1 Å². The number of pyridine rings is 1. The maximum Gasteiger partial charge on any atom is 0.410 e. The molecule has 0 radical (unpaired) electrons. The van der Waals surface area contributed by atoms with Crippen molar-refractivity contribution in [1.82, 2.24) is 9.88 Å². The van der Waals surface area contributed by atoms with E-state index in [-0.39, 0.29) is 13.1 Å². The van der Waals surface area contributed by atoms with Crippen molar-refractivity contribution in [2.24, 2.45) is 0 Å². The van der Waals surface area contributed by atoms with Crippen LogP contribution >= 0.6 is 15.9 Å². The van der Waals surface area contributed by atoms with Gasteiger partial charge in [-0.05, 0) is 39.0 Å². The fraction of sp³-hybridized carbons (Fsp3) is 0.444. The van der Waals surface area contributed by atoms with E-state index in [1.807, 2.05) is 18.2 Å². The molecule has 1 aliphatic heterocycles. The van der Waals surface area contributed by atoms with Crippen LogP contribution in [-0.2, 0) is 4.74 Å². The summed E-state index contributed by atoms with van der Waals surface area (Å²) in [6.07, 6.45) is -0.191. The Kier molecular flexibility index (Phi) is 4.96. The molecule has 26 heavy (non-hydrogen) atoms. The topological polar surface area (TPSA) is 80.5 Å². The maximum absolute atomic E-state index is 14.6. The van der Waals surface area contributed by atoms with Gasteiger partial charge in [0.25, 0.3) is 0 Å². The summed E-state index contributed by atoms with van der Waals surface area (Å²) in [7, 11) is 0. The van der Waals surface area contributed by atoms with Gasteiger partial charge < -0.3 is 20.7 Å². The first-order valence-corrected chi connectivity index (χ1v) is 9.15. The first-order chi connectivity index (χ1) is 12.1. The van der Waals surface area contributed by atoms with Crippen LogP contribution in [0.1, 0.15) is 20.8 Å². The molecule has 8 heteroatoms. The van der Waals surface area contributed by atoms with Gasteiger partial charge in [0.15, 0.2) is 0 Å². The van der Waals surface area contributed by atoms with Gasteiger partial charge in [0, 0.05) is 16.4 Å². The number of rotatable bonds is 2. The van der Waals surface area contributed by atoms with Gasteiger partial charge in [-0.3, -0.25) is 4.98 Å². The largest absolute Gasteiger partial charge is 0.444 e. The summed E-state index contributed by atoms with van der Waals surface area (Å²) in [5.41, 5.74) is 7.25. The summed E-state index contributed by atoms with van der Waals surface area (Å²) in [6, 6.07) is 5.05. The third kappa shape index (κ3) is 4.00. The van der Waals surface area contributed by atoms with Crippen LogP contribution in [0, 0.1) is 0 Å². The zero-order valence-corrected chi connectivity index (χ0v) is 16.5. The molecular weight excluding hydrogens is 403 g/mol. The van der Waals surface area contributed by atoms with Crippen molar-refractivity contribution < 1.29 is 13.9 Å². The molecule has 6 nitrogen and oxygen atoms in total. The highest BCUT2D eigenvalue weighted by Crippen LogP contribution is 2.32. The van der Waals surface area contributed by atoms with Gasteiger partial charge in [-0.15, -0.1) is 0 Å². The number of nitrogen functional groups attached to an aromatic ring is 1. The average molecular weight is 425 g/mol. The molecule has 140 valence electrons. The normalized spacial score (nSPS) is 20.4. The SMILES string of the molecule is CC(C)(C)OC(=O)N1C[C@@H](F)[C@H](Nc2c(N)cnc3ccc(Br)cc23)C1. The number of carbonyl (C=O) groups excluding carboxylic acids is 1. The Morgan fingerprint density at radius 3 is 2.85 bits per heavy atom. The number of ether oxygens (including phenoxy) is 1. The van der Waals surface area contributed by atoms with Crippen molar-refractivity contribution in [3.8, 4) is 0 Å². The lowest BCUT2D eigenvalue weighted by atomic mass is 10.1. The van der Waals surface area contributed by atoms with E-state index in [4.69, 9.17) is 10.5 Å². The highest BCUT2D eigenvalue weighted by molar-refractivity contribution is 9.10. The van der Waals surface area contributed by atoms with Crippen molar-refractivity contribution in [1.29, 1.82) is 0 Å². The first kappa shape index (κ1) is 18.7. The van der Waals surface area contributed by atoms with E-state index in [0.29, 0.717) is 11.4 Å². The van der Waals surface area contributed by atoms with Crippen molar-refractivity contribution in [3.05, 3.63) is 28.9 Å². The molecule has 1 saturated heterocycles. The predicted molar refractivity (Wildman–Crippen MR) is 104 cm³/mol. The molecular formula is C18H22BrFN4O2. The minimum atomic E-state index is -1.22. The minimum absolute atomic E-state index is 0.0147. The van der Waals surface area contributed by atoms with Crippen LogP contribution in [-0.4, -0.2) is 46.9 Å². The summed E-state index contributed by atoms with van der Waals surface area (Å²) in [5, 5.41) is 3.96. The van der Waals surface area contributed by atoms with Gasteiger partial charge in [0.1, 0.15) is 11.8 Å². The number of anilines is 2. The molecule has 1 aliphatic rings. The standard InChI is InChI=1S/C18H22BrFN4O2/c1-18(2,3)26-17(25)24-8-12(20)15(9-24)23-16-11-6-10(19)4-5-14(11)22-7-13(16)21/h4-7,12,15H,8-9,21H2,1-3H3,(H,22,23)/t12-,15-/m1/s1. The Morgan fingerprint density at radius 1 is 1.42 bits per heavy atom. The van der Waals surface area contributed by atoms with Crippen molar-refractivity contribution >= 4 is 44.3 Å². The Balaban J connectivity index is 1.81. The smallest absolute Gasteiger partial charge is 0.410 e. The van der Waals surface area contributed by atoms with E-state index in [1.54, 1.807) is 27.0 Å². The summed E-state index contributed by atoms with van der Waals surface area (Å²) < 4.78 is 20.8. The van der Waals surface area contributed by atoms with Gasteiger partial charge in [-0.25, -0.2) is 9.18 Å². The summed E-state index contributed by atoms with van der Waals surface area (Å²) in [4.78, 5) is 17.9. The van der Waals surface area contributed by atoms with E-state index < -0.39 is 23.9 Å². The lowest BCUT2D eigenvalue weighted by Gasteiger charge is -2.24. The Labute approximate surface area is 160 Å². The zero-order chi connectivity index (χ0) is 19.1. The first-order valence-electron chi connectivity index (χ1n) is 8.36. The highest BCUT2D eigenvalue weighted by Gasteiger charge is 2.37. The van der Waals surface area contributed by atoms with Crippen molar-refractivity contribution in [3.63, 3.8) is 0 Å². The van der Waals surface area contributed by atoms with Crippen LogP contribution in [0.5, 0.6) is 0 Å². The second kappa shape index (κ2) is 6.90. The molecule has 0 spiro atoms.